The van der Waals surface area contributed by atoms with E-state index < -0.39 is 0 Å². The number of H-pyrrole nitrogens is 1. The Morgan fingerprint density at radius 1 is 1.82 bits per heavy atom. The van der Waals surface area contributed by atoms with Crippen molar-refractivity contribution in [3.63, 3.8) is 0 Å². The predicted molar refractivity (Wildman–Crippen MR) is 44.8 cm³/mol. The SMILES string of the molecule is CCCC(=N)Nc1ccn[nH]1. The molecule has 0 aliphatic heterocycles. The van der Waals surface area contributed by atoms with Crippen LogP contribution in [0.4, 0.5) is 5.82 Å². The zero-order chi connectivity index (χ0) is 8.10. The van der Waals surface area contributed by atoms with E-state index in [0.29, 0.717) is 5.84 Å². The van der Waals surface area contributed by atoms with E-state index in [9.17, 15) is 0 Å². The summed E-state index contributed by atoms with van der Waals surface area (Å²) in [6, 6.07) is 1.80. The molecular formula is C7H12N4. The molecule has 4 heteroatoms. The van der Waals surface area contributed by atoms with Crippen molar-refractivity contribution in [3.05, 3.63) is 12.3 Å². The summed E-state index contributed by atoms with van der Waals surface area (Å²) in [6.07, 6.45) is 3.42. The van der Waals surface area contributed by atoms with Crippen LogP contribution in [0.3, 0.4) is 0 Å². The van der Waals surface area contributed by atoms with Gasteiger partial charge < -0.3 is 5.32 Å². The maximum atomic E-state index is 7.41. The normalized spacial score (nSPS) is 9.55. The van der Waals surface area contributed by atoms with Gasteiger partial charge in [-0.15, -0.1) is 0 Å². The summed E-state index contributed by atoms with van der Waals surface area (Å²) >= 11 is 0. The number of aromatic nitrogens is 2. The van der Waals surface area contributed by atoms with Crippen molar-refractivity contribution in [3.8, 4) is 0 Å². The van der Waals surface area contributed by atoms with Crippen molar-refractivity contribution >= 4 is 11.7 Å². The minimum atomic E-state index is 0.525. The van der Waals surface area contributed by atoms with E-state index >= 15 is 0 Å². The lowest BCUT2D eigenvalue weighted by atomic mass is 10.3. The van der Waals surface area contributed by atoms with Crippen LogP contribution in [0.2, 0.25) is 0 Å². The molecule has 60 valence electrons. The van der Waals surface area contributed by atoms with Crippen LogP contribution in [-0.4, -0.2) is 16.0 Å². The third-order valence-electron chi connectivity index (χ3n) is 1.29. The average molecular weight is 152 g/mol. The van der Waals surface area contributed by atoms with Crippen molar-refractivity contribution in [2.45, 2.75) is 19.8 Å². The molecule has 0 fully saturated rings. The van der Waals surface area contributed by atoms with Crippen LogP contribution in [-0.2, 0) is 0 Å². The first kappa shape index (κ1) is 7.78. The molecular weight excluding hydrogens is 140 g/mol. The Hall–Kier alpha value is -1.32. The van der Waals surface area contributed by atoms with Crippen molar-refractivity contribution < 1.29 is 0 Å². The number of rotatable bonds is 3. The van der Waals surface area contributed by atoms with Crippen molar-refractivity contribution in [2.24, 2.45) is 0 Å². The van der Waals surface area contributed by atoms with Crippen molar-refractivity contribution in [1.29, 1.82) is 5.41 Å². The van der Waals surface area contributed by atoms with Gasteiger partial charge in [0.25, 0.3) is 0 Å². The Balaban J connectivity index is 2.37. The van der Waals surface area contributed by atoms with Crippen molar-refractivity contribution in [2.75, 3.05) is 5.32 Å². The second-order valence-corrected chi connectivity index (χ2v) is 2.32. The summed E-state index contributed by atoms with van der Waals surface area (Å²) in [5, 5.41) is 16.8. The number of hydrogen-bond acceptors (Lipinski definition) is 2. The van der Waals surface area contributed by atoms with Crippen LogP contribution in [0.25, 0.3) is 0 Å². The molecule has 4 nitrogen and oxygen atoms in total. The topological polar surface area (TPSA) is 64.6 Å². The third kappa shape index (κ3) is 2.41. The molecule has 0 radical (unpaired) electrons. The van der Waals surface area contributed by atoms with Gasteiger partial charge in [0.1, 0.15) is 5.82 Å². The van der Waals surface area contributed by atoms with Gasteiger partial charge in [-0.2, -0.15) is 5.10 Å². The largest absolute Gasteiger partial charge is 0.329 e. The molecule has 1 aromatic rings. The highest BCUT2D eigenvalue weighted by Crippen LogP contribution is 2.00. The summed E-state index contributed by atoms with van der Waals surface area (Å²) in [4.78, 5) is 0. The van der Waals surface area contributed by atoms with Crippen LogP contribution in [0.1, 0.15) is 19.8 Å². The Labute approximate surface area is 65.5 Å². The van der Waals surface area contributed by atoms with Crippen LogP contribution in [0, 0.1) is 5.41 Å². The van der Waals surface area contributed by atoms with E-state index in [1.54, 1.807) is 12.3 Å². The summed E-state index contributed by atoms with van der Waals surface area (Å²) in [6.45, 7) is 2.04. The molecule has 0 saturated heterocycles. The van der Waals surface area contributed by atoms with Gasteiger partial charge in [-0.3, -0.25) is 10.5 Å². The first-order valence-electron chi connectivity index (χ1n) is 3.66. The highest BCUT2D eigenvalue weighted by Gasteiger charge is 1.95. The molecule has 1 heterocycles. The molecule has 1 aromatic heterocycles. The van der Waals surface area contributed by atoms with Gasteiger partial charge in [0.05, 0.1) is 12.0 Å². The Kier molecular flexibility index (Phi) is 2.66. The fraction of sp³-hybridized carbons (Fsp3) is 0.429. The van der Waals surface area contributed by atoms with E-state index in [4.69, 9.17) is 5.41 Å². The second-order valence-electron chi connectivity index (χ2n) is 2.32. The molecule has 1 rings (SSSR count). The summed E-state index contributed by atoms with van der Waals surface area (Å²) in [7, 11) is 0. The summed E-state index contributed by atoms with van der Waals surface area (Å²) in [5.74, 6) is 1.31. The molecule has 0 bridgehead atoms. The number of hydrogen-bond donors (Lipinski definition) is 3. The Morgan fingerprint density at radius 2 is 2.64 bits per heavy atom. The quantitative estimate of drug-likeness (QED) is 0.455. The predicted octanol–water partition coefficient (Wildman–Crippen LogP) is 1.60. The third-order valence-corrected chi connectivity index (χ3v) is 1.29. The number of nitrogens with zero attached hydrogens (tertiary/aromatic N) is 1. The van der Waals surface area contributed by atoms with Crippen LogP contribution in [0.15, 0.2) is 12.3 Å². The molecule has 0 spiro atoms. The molecule has 0 aliphatic carbocycles. The van der Waals surface area contributed by atoms with E-state index in [1.807, 2.05) is 6.92 Å². The van der Waals surface area contributed by atoms with E-state index in [1.165, 1.54) is 0 Å². The van der Waals surface area contributed by atoms with Gasteiger partial charge >= 0.3 is 0 Å². The molecule has 0 atom stereocenters. The molecule has 11 heavy (non-hydrogen) atoms. The first-order chi connectivity index (χ1) is 5.33. The van der Waals surface area contributed by atoms with Gasteiger partial charge in [0, 0.05) is 12.5 Å². The van der Waals surface area contributed by atoms with E-state index in [-0.39, 0.29) is 0 Å². The Bertz CT molecular complexity index is 214. The monoisotopic (exact) mass is 152 g/mol. The molecule has 0 amide bonds. The highest BCUT2D eigenvalue weighted by atomic mass is 15.2. The zero-order valence-corrected chi connectivity index (χ0v) is 6.52. The summed E-state index contributed by atoms with van der Waals surface area (Å²) < 4.78 is 0. The molecule has 0 aromatic carbocycles. The zero-order valence-electron chi connectivity index (χ0n) is 6.52. The smallest absolute Gasteiger partial charge is 0.126 e. The van der Waals surface area contributed by atoms with Gasteiger partial charge in [-0.05, 0) is 6.42 Å². The number of amidine groups is 1. The highest BCUT2D eigenvalue weighted by molar-refractivity contribution is 5.91. The lowest BCUT2D eigenvalue weighted by molar-refractivity contribution is 0.980. The maximum absolute atomic E-state index is 7.41. The number of anilines is 1. The molecule has 0 saturated carbocycles. The van der Waals surface area contributed by atoms with Crippen LogP contribution >= 0.6 is 0 Å². The van der Waals surface area contributed by atoms with E-state index in [2.05, 4.69) is 15.5 Å². The maximum Gasteiger partial charge on any atom is 0.126 e. The number of aromatic amines is 1. The lowest BCUT2D eigenvalue weighted by Crippen LogP contribution is -2.09. The average Bonchev–Trinajstić information content (AvgIpc) is 2.40. The van der Waals surface area contributed by atoms with Crippen molar-refractivity contribution in [1.82, 2.24) is 10.2 Å². The fourth-order valence-electron chi connectivity index (χ4n) is 0.801. The Morgan fingerprint density at radius 3 is 3.18 bits per heavy atom. The summed E-state index contributed by atoms with van der Waals surface area (Å²) in [5.41, 5.74) is 0. The van der Waals surface area contributed by atoms with Gasteiger partial charge in [-0.25, -0.2) is 0 Å². The fourth-order valence-corrected chi connectivity index (χ4v) is 0.801. The standard InChI is InChI=1S/C7H12N4/c1-2-3-6(8)10-7-4-5-9-11-7/h4-5H,2-3H2,1H3,(H3,8,9,10,11). The van der Waals surface area contributed by atoms with Crippen LogP contribution < -0.4 is 5.32 Å². The first-order valence-corrected chi connectivity index (χ1v) is 3.66. The molecule has 0 unspecified atom stereocenters. The number of nitrogens with one attached hydrogen (secondary N) is 3. The minimum absolute atomic E-state index is 0.525. The molecule has 0 aliphatic rings. The minimum Gasteiger partial charge on any atom is -0.329 e. The van der Waals surface area contributed by atoms with E-state index in [0.717, 1.165) is 18.7 Å². The van der Waals surface area contributed by atoms with Crippen LogP contribution in [0.5, 0.6) is 0 Å². The second kappa shape index (κ2) is 3.75. The molecule has 3 N–H and O–H groups in total. The lowest BCUT2D eigenvalue weighted by Gasteiger charge is -2.01. The van der Waals surface area contributed by atoms with Gasteiger partial charge in [0.2, 0.25) is 0 Å². The van der Waals surface area contributed by atoms with Gasteiger partial charge in [-0.1, -0.05) is 6.92 Å². The van der Waals surface area contributed by atoms with Gasteiger partial charge in [0.15, 0.2) is 0 Å².